The smallest absolute Gasteiger partial charge is 0.309 e. The molecule has 1 aromatic heterocycles. The van der Waals surface area contributed by atoms with Crippen molar-refractivity contribution in [2.75, 3.05) is 13.2 Å². The van der Waals surface area contributed by atoms with E-state index in [2.05, 4.69) is 15.0 Å². The topological polar surface area (TPSA) is 34.1 Å². The average Bonchev–Trinajstić information content (AvgIpc) is 2.17. The Bertz CT molecular complexity index is 276. The fourth-order valence-electron chi connectivity index (χ4n) is 0.958. The van der Waals surface area contributed by atoms with Gasteiger partial charge in [0.05, 0.1) is 12.3 Å². The number of halogens is 3. The van der Waals surface area contributed by atoms with Gasteiger partial charge < -0.3 is 5.32 Å². The fraction of sp³-hybridized carbons (Fsp3) is 0.444. The molecule has 0 saturated carbocycles. The molecule has 0 atom stereocenters. The van der Waals surface area contributed by atoms with E-state index in [4.69, 9.17) is 0 Å². The second-order valence-electron chi connectivity index (χ2n) is 2.79. The second-order valence-corrected chi connectivity index (χ2v) is 2.79. The summed E-state index contributed by atoms with van der Waals surface area (Å²) in [6.45, 7) is 0.175. The Kier molecular flexibility index (Phi) is 4.51. The second kappa shape index (κ2) is 5.67. The van der Waals surface area contributed by atoms with E-state index in [1.165, 1.54) is 0 Å². The summed E-state index contributed by atoms with van der Waals surface area (Å²) in [4.78, 5) is 4.00. The Morgan fingerprint density at radius 2 is 2.13 bits per heavy atom. The van der Waals surface area contributed by atoms with E-state index in [-0.39, 0.29) is 6.54 Å². The van der Waals surface area contributed by atoms with E-state index < -0.39 is 13.0 Å². The van der Waals surface area contributed by atoms with Gasteiger partial charge in [0.25, 0.3) is 0 Å². The van der Waals surface area contributed by atoms with Crippen LogP contribution < -0.4 is 5.32 Å². The number of nitrogens with one attached hydrogen (secondary N) is 1. The van der Waals surface area contributed by atoms with Crippen LogP contribution in [0.3, 0.4) is 0 Å². The van der Waals surface area contributed by atoms with Crippen molar-refractivity contribution in [2.24, 2.45) is 0 Å². The Hall–Kier alpha value is -1.14. The summed E-state index contributed by atoms with van der Waals surface area (Å²) in [5.41, 5.74) is 0.782. The Labute approximate surface area is 85.3 Å². The highest BCUT2D eigenvalue weighted by atomic mass is 19.4. The molecule has 0 aromatic carbocycles. The van der Waals surface area contributed by atoms with Gasteiger partial charge in [-0.1, -0.05) is 6.07 Å². The van der Waals surface area contributed by atoms with Gasteiger partial charge in [0.15, 0.2) is 0 Å². The number of rotatable bonds is 5. The molecule has 0 spiro atoms. The SMILES string of the molecule is FC(F)(F)OCCNCc1ccccn1. The Morgan fingerprint density at radius 1 is 1.33 bits per heavy atom. The van der Waals surface area contributed by atoms with Gasteiger partial charge >= 0.3 is 6.36 Å². The van der Waals surface area contributed by atoms with E-state index in [1.54, 1.807) is 18.3 Å². The number of hydrogen-bond donors (Lipinski definition) is 1. The first-order valence-electron chi connectivity index (χ1n) is 4.39. The third-order valence-electron chi connectivity index (χ3n) is 1.58. The molecule has 0 radical (unpaired) electrons. The molecule has 0 saturated heterocycles. The Morgan fingerprint density at radius 3 is 2.73 bits per heavy atom. The summed E-state index contributed by atoms with van der Waals surface area (Å²) < 4.78 is 38.2. The van der Waals surface area contributed by atoms with Crippen molar-refractivity contribution in [1.82, 2.24) is 10.3 Å². The minimum Gasteiger partial charge on any atom is -0.309 e. The lowest BCUT2D eigenvalue weighted by molar-refractivity contribution is -0.323. The first-order valence-corrected chi connectivity index (χ1v) is 4.39. The van der Waals surface area contributed by atoms with Gasteiger partial charge in [0.2, 0.25) is 0 Å². The normalized spacial score (nSPS) is 11.7. The number of ether oxygens (including phenoxy) is 1. The van der Waals surface area contributed by atoms with Crippen molar-refractivity contribution in [1.29, 1.82) is 0 Å². The lowest BCUT2D eigenvalue weighted by Gasteiger charge is -2.07. The first kappa shape index (κ1) is 11.9. The van der Waals surface area contributed by atoms with Crippen LogP contribution in [-0.4, -0.2) is 24.5 Å². The third kappa shape index (κ3) is 6.03. The monoisotopic (exact) mass is 220 g/mol. The zero-order valence-electron chi connectivity index (χ0n) is 7.92. The van der Waals surface area contributed by atoms with E-state index in [1.807, 2.05) is 6.07 Å². The molecule has 0 aliphatic heterocycles. The van der Waals surface area contributed by atoms with Crippen LogP contribution in [0.2, 0.25) is 0 Å². The van der Waals surface area contributed by atoms with Crippen LogP contribution in [0.1, 0.15) is 5.69 Å². The van der Waals surface area contributed by atoms with E-state index in [0.717, 1.165) is 5.69 Å². The van der Waals surface area contributed by atoms with Gasteiger partial charge in [0.1, 0.15) is 0 Å². The van der Waals surface area contributed by atoms with Crippen LogP contribution in [0.15, 0.2) is 24.4 Å². The Balaban J connectivity index is 2.08. The van der Waals surface area contributed by atoms with Gasteiger partial charge in [0, 0.05) is 19.3 Å². The molecule has 0 aliphatic carbocycles. The average molecular weight is 220 g/mol. The van der Waals surface area contributed by atoms with Crippen molar-refractivity contribution in [2.45, 2.75) is 12.9 Å². The van der Waals surface area contributed by atoms with Crippen molar-refractivity contribution < 1.29 is 17.9 Å². The van der Waals surface area contributed by atoms with Crippen LogP contribution >= 0.6 is 0 Å². The van der Waals surface area contributed by atoms with Crippen LogP contribution in [0.5, 0.6) is 0 Å². The van der Waals surface area contributed by atoms with Crippen molar-refractivity contribution >= 4 is 0 Å². The highest BCUT2D eigenvalue weighted by molar-refractivity contribution is 5.02. The van der Waals surface area contributed by atoms with Crippen LogP contribution in [0.25, 0.3) is 0 Å². The first-order chi connectivity index (χ1) is 7.08. The van der Waals surface area contributed by atoms with Gasteiger partial charge in [-0.2, -0.15) is 0 Å². The molecule has 6 heteroatoms. The lowest BCUT2D eigenvalue weighted by atomic mass is 10.3. The molecular weight excluding hydrogens is 209 g/mol. The number of nitrogens with zero attached hydrogens (tertiary/aromatic N) is 1. The standard InChI is InChI=1S/C9H11F3N2O/c10-9(11,12)15-6-5-13-7-8-3-1-2-4-14-8/h1-4,13H,5-7H2. The third-order valence-corrected chi connectivity index (χ3v) is 1.58. The predicted octanol–water partition coefficient (Wildman–Crippen LogP) is 1.71. The zero-order valence-corrected chi connectivity index (χ0v) is 7.92. The molecule has 0 unspecified atom stereocenters. The van der Waals surface area contributed by atoms with E-state index >= 15 is 0 Å². The van der Waals surface area contributed by atoms with Gasteiger partial charge in [-0.05, 0) is 12.1 Å². The van der Waals surface area contributed by atoms with E-state index in [9.17, 15) is 13.2 Å². The van der Waals surface area contributed by atoms with Gasteiger partial charge in [-0.25, -0.2) is 0 Å². The largest absolute Gasteiger partial charge is 0.522 e. The maximum atomic E-state index is 11.5. The molecule has 0 aliphatic rings. The molecule has 0 bridgehead atoms. The zero-order chi connectivity index (χ0) is 11.1. The van der Waals surface area contributed by atoms with Gasteiger partial charge in [-0.15, -0.1) is 13.2 Å². The maximum Gasteiger partial charge on any atom is 0.522 e. The molecule has 0 fully saturated rings. The summed E-state index contributed by atoms with van der Waals surface area (Å²) in [5, 5.41) is 2.79. The minimum absolute atomic E-state index is 0.135. The predicted molar refractivity (Wildman–Crippen MR) is 48.0 cm³/mol. The quantitative estimate of drug-likeness (QED) is 0.767. The van der Waals surface area contributed by atoms with Crippen LogP contribution in [0.4, 0.5) is 13.2 Å². The molecule has 0 amide bonds. The van der Waals surface area contributed by atoms with Crippen molar-refractivity contribution in [3.63, 3.8) is 0 Å². The number of aromatic nitrogens is 1. The number of alkyl halides is 3. The summed E-state index contributed by atoms with van der Waals surface area (Å²) >= 11 is 0. The summed E-state index contributed by atoms with van der Waals surface area (Å²) in [6.07, 6.45) is -2.92. The molecule has 1 aromatic rings. The van der Waals surface area contributed by atoms with Crippen LogP contribution in [0, 0.1) is 0 Å². The van der Waals surface area contributed by atoms with Crippen molar-refractivity contribution in [3.8, 4) is 0 Å². The van der Waals surface area contributed by atoms with Gasteiger partial charge in [-0.3, -0.25) is 9.72 Å². The molecular formula is C9H11F3N2O. The fourth-order valence-corrected chi connectivity index (χ4v) is 0.958. The molecule has 1 rings (SSSR count). The van der Waals surface area contributed by atoms with Crippen molar-refractivity contribution in [3.05, 3.63) is 30.1 Å². The van der Waals surface area contributed by atoms with E-state index in [0.29, 0.717) is 6.54 Å². The summed E-state index contributed by atoms with van der Waals surface area (Å²) in [6, 6.07) is 5.38. The highest BCUT2D eigenvalue weighted by Gasteiger charge is 2.28. The molecule has 1 heterocycles. The minimum atomic E-state index is -4.55. The number of pyridine rings is 1. The highest BCUT2D eigenvalue weighted by Crippen LogP contribution is 2.15. The molecule has 84 valence electrons. The molecule has 1 N–H and O–H groups in total. The summed E-state index contributed by atoms with van der Waals surface area (Å²) in [7, 11) is 0. The maximum absolute atomic E-state index is 11.5. The number of hydrogen-bond acceptors (Lipinski definition) is 3. The van der Waals surface area contributed by atoms with Crippen LogP contribution in [-0.2, 0) is 11.3 Å². The molecule has 15 heavy (non-hydrogen) atoms. The summed E-state index contributed by atoms with van der Waals surface area (Å²) in [5.74, 6) is 0. The lowest BCUT2D eigenvalue weighted by Crippen LogP contribution is -2.24. The molecule has 3 nitrogen and oxygen atoms in total.